The van der Waals surface area contributed by atoms with E-state index in [1.807, 2.05) is 6.07 Å². The Morgan fingerprint density at radius 1 is 1.32 bits per heavy atom. The topological polar surface area (TPSA) is 66.1 Å². The average molecular weight is 323 g/mol. The van der Waals surface area contributed by atoms with Gasteiger partial charge >= 0.3 is 0 Å². The van der Waals surface area contributed by atoms with Crippen molar-refractivity contribution in [3.63, 3.8) is 0 Å². The Balaban J connectivity index is 1.73. The first-order valence-electron chi connectivity index (χ1n) is 7.19. The Morgan fingerprint density at radius 3 is 2.68 bits per heavy atom. The lowest BCUT2D eigenvalue weighted by atomic mass is 9.97. The molecule has 7 heteroatoms. The van der Waals surface area contributed by atoms with Gasteiger partial charge in [-0.15, -0.1) is 0 Å². The summed E-state index contributed by atoms with van der Waals surface area (Å²) in [5, 5.41) is 0. The predicted octanol–water partition coefficient (Wildman–Crippen LogP) is 2.35. The summed E-state index contributed by atoms with van der Waals surface area (Å²) in [6.07, 6.45) is 4.42. The highest BCUT2D eigenvalue weighted by molar-refractivity contribution is 7.88. The number of hydrogen-bond acceptors (Lipinski definition) is 3. The molecule has 1 aromatic carbocycles. The van der Waals surface area contributed by atoms with Crippen LogP contribution in [0.25, 0.3) is 11.3 Å². The Kier molecular flexibility index (Phi) is 4.01. The standard InChI is InChI=1S/C15H18FN3O2S/c1-22(20,21)19-7-5-11(6-8-19)15-17-10-14(18-15)12-3-2-4-13(16)9-12/h2-4,9-11H,5-8H2,1H3,(H,17,18). The lowest BCUT2D eigenvalue weighted by molar-refractivity contribution is 0.316. The van der Waals surface area contributed by atoms with Crippen LogP contribution in [0.15, 0.2) is 30.5 Å². The molecule has 1 N–H and O–H groups in total. The number of hydrogen-bond donors (Lipinski definition) is 1. The zero-order valence-electron chi connectivity index (χ0n) is 12.3. The van der Waals surface area contributed by atoms with E-state index >= 15 is 0 Å². The fourth-order valence-corrected chi connectivity index (χ4v) is 3.68. The molecule has 5 nitrogen and oxygen atoms in total. The summed E-state index contributed by atoms with van der Waals surface area (Å²) in [6, 6.07) is 6.35. The number of nitrogens with one attached hydrogen (secondary N) is 1. The number of sulfonamides is 1. The second-order valence-corrected chi connectivity index (χ2v) is 7.61. The van der Waals surface area contributed by atoms with Crippen molar-refractivity contribution in [2.75, 3.05) is 19.3 Å². The number of aromatic amines is 1. The van der Waals surface area contributed by atoms with Crippen molar-refractivity contribution in [2.24, 2.45) is 0 Å². The van der Waals surface area contributed by atoms with E-state index in [4.69, 9.17) is 0 Å². The van der Waals surface area contributed by atoms with Crippen molar-refractivity contribution in [2.45, 2.75) is 18.8 Å². The first-order valence-corrected chi connectivity index (χ1v) is 9.04. The fraction of sp³-hybridized carbons (Fsp3) is 0.400. The van der Waals surface area contributed by atoms with Crippen molar-refractivity contribution in [3.8, 4) is 11.3 Å². The first-order chi connectivity index (χ1) is 10.4. The van der Waals surface area contributed by atoms with Gasteiger partial charge < -0.3 is 4.98 Å². The van der Waals surface area contributed by atoms with Gasteiger partial charge in [0.05, 0.1) is 18.1 Å². The van der Waals surface area contributed by atoms with E-state index < -0.39 is 10.0 Å². The van der Waals surface area contributed by atoms with E-state index in [1.54, 1.807) is 12.3 Å². The second-order valence-electron chi connectivity index (χ2n) is 5.63. The monoisotopic (exact) mass is 323 g/mol. The van der Waals surface area contributed by atoms with Gasteiger partial charge in [-0.1, -0.05) is 12.1 Å². The van der Waals surface area contributed by atoms with Crippen molar-refractivity contribution in [3.05, 3.63) is 42.1 Å². The molecule has 0 radical (unpaired) electrons. The zero-order chi connectivity index (χ0) is 15.7. The van der Waals surface area contributed by atoms with Crippen LogP contribution in [0.1, 0.15) is 24.6 Å². The van der Waals surface area contributed by atoms with Crippen LogP contribution in [0.2, 0.25) is 0 Å². The first kappa shape index (κ1) is 15.2. The highest BCUT2D eigenvalue weighted by Gasteiger charge is 2.27. The largest absolute Gasteiger partial charge is 0.342 e. The Labute approximate surface area is 129 Å². The molecule has 22 heavy (non-hydrogen) atoms. The van der Waals surface area contributed by atoms with Crippen LogP contribution in [0.3, 0.4) is 0 Å². The van der Waals surface area contributed by atoms with E-state index in [0.29, 0.717) is 13.1 Å². The summed E-state index contributed by atoms with van der Waals surface area (Å²) in [5.41, 5.74) is 1.53. The maximum Gasteiger partial charge on any atom is 0.211 e. The molecule has 3 rings (SSSR count). The molecule has 1 fully saturated rings. The summed E-state index contributed by atoms with van der Waals surface area (Å²) in [5.74, 6) is 0.767. The summed E-state index contributed by atoms with van der Waals surface area (Å²) in [7, 11) is -3.11. The minimum Gasteiger partial charge on any atom is -0.342 e. The Hall–Kier alpha value is -1.73. The molecule has 0 bridgehead atoms. The molecule has 118 valence electrons. The quantitative estimate of drug-likeness (QED) is 0.943. The molecule has 0 amide bonds. The summed E-state index contributed by atoms with van der Waals surface area (Å²) in [4.78, 5) is 7.62. The fourth-order valence-electron chi connectivity index (χ4n) is 2.81. The van der Waals surface area contributed by atoms with Gasteiger partial charge in [0, 0.05) is 24.6 Å². The highest BCUT2D eigenvalue weighted by Crippen LogP contribution is 2.28. The number of nitrogens with zero attached hydrogens (tertiary/aromatic N) is 2. The molecule has 1 aliphatic heterocycles. The van der Waals surface area contributed by atoms with E-state index in [-0.39, 0.29) is 11.7 Å². The number of benzene rings is 1. The van der Waals surface area contributed by atoms with Gasteiger partial charge in [0.15, 0.2) is 0 Å². The van der Waals surface area contributed by atoms with Gasteiger partial charge in [-0.3, -0.25) is 0 Å². The van der Waals surface area contributed by atoms with E-state index in [1.165, 1.54) is 22.7 Å². The third-order valence-electron chi connectivity index (χ3n) is 4.04. The van der Waals surface area contributed by atoms with Crippen LogP contribution in [-0.4, -0.2) is 42.0 Å². The zero-order valence-corrected chi connectivity index (χ0v) is 13.1. The van der Waals surface area contributed by atoms with E-state index in [9.17, 15) is 12.8 Å². The van der Waals surface area contributed by atoms with E-state index in [2.05, 4.69) is 9.97 Å². The SMILES string of the molecule is CS(=O)(=O)N1CCC(c2ncc(-c3cccc(F)c3)[nH]2)CC1. The van der Waals surface area contributed by atoms with Gasteiger partial charge in [-0.05, 0) is 25.0 Å². The minimum atomic E-state index is -3.11. The van der Waals surface area contributed by atoms with Crippen LogP contribution in [-0.2, 0) is 10.0 Å². The molecule has 0 spiro atoms. The molecule has 0 aliphatic carbocycles. The van der Waals surface area contributed by atoms with Crippen LogP contribution >= 0.6 is 0 Å². The molecule has 1 aliphatic rings. The van der Waals surface area contributed by atoms with Crippen LogP contribution in [0.4, 0.5) is 4.39 Å². The lowest BCUT2D eigenvalue weighted by Gasteiger charge is -2.29. The van der Waals surface area contributed by atoms with Gasteiger partial charge in [0.2, 0.25) is 10.0 Å². The summed E-state index contributed by atoms with van der Waals surface area (Å²) >= 11 is 0. The van der Waals surface area contributed by atoms with Gasteiger partial charge in [-0.25, -0.2) is 22.1 Å². The Bertz CT molecular complexity index is 765. The highest BCUT2D eigenvalue weighted by atomic mass is 32.2. The van der Waals surface area contributed by atoms with Crippen molar-refractivity contribution < 1.29 is 12.8 Å². The van der Waals surface area contributed by atoms with Gasteiger partial charge in [-0.2, -0.15) is 0 Å². The number of piperidine rings is 1. The molecule has 0 unspecified atom stereocenters. The van der Waals surface area contributed by atoms with Crippen molar-refractivity contribution in [1.82, 2.24) is 14.3 Å². The average Bonchev–Trinajstić information content (AvgIpc) is 2.96. The lowest BCUT2D eigenvalue weighted by Crippen LogP contribution is -2.37. The smallest absolute Gasteiger partial charge is 0.211 e. The number of halogens is 1. The third-order valence-corrected chi connectivity index (χ3v) is 5.34. The minimum absolute atomic E-state index is 0.209. The van der Waals surface area contributed by atoms with Crippen LogP contribution in [0.5, 0.6) is 0 Å². The summed E-state index contributed by atoms with van der Waals surface area (Å²) < 4.78 is 37.8. The molecule has 1 saturated heterocycles. The molecule has 2 heterocycles. The number of rotatable bonds is 3. The van der Waals surface area contributed by atoms with Gasteiger partial charge in [0.1, 0.15) is 11.6 Å². The molecular weight excluding hydrogens is 305 g/mol. The number of aromatic nitrogens is 2. The van der Waals surface area contributed by atoms with Crippen LogP contribution < -0.4 is 0 Å². The maximum absolute atomic E-state index is 13.3. The Morgan fingerprint density at radius 2 is 2.05 bits per heavy atom. The summed E-state index contributed by atoms with van der Waals surface area (Å²) in [6.45, 7) is 1.03. The number of imidazole rings is 1. The van der Waals surface area contributed by atoms with Crippen molar-refractivity contribution in [1.29, 1.82) is 0 Å². The third kappa shape index (κ3) is 3.20. The van der Waals surface area contributed by atoms with E-state index in [0.717, 1.165) is 29.9 Å². The maximum atomic E-state index is 13.3. The normalized spacial score (nSPS) is 17.7. The second kappa shape index (κ2) is 5.81. The molecule has 0 saturated carbocycles. The molecular formula is C15H18FN3O2S. The van der Waals surface area contributed by atoms with Crippen LogP contribution in [0, 0.1) is 5.82 Å². The van der Waals surface area contributed by atoms with Crippen molar-refractivity contribution >= 4 is 10.0 Å². The van der Waals surface area contributed by atoms with Gasteiger partial charge in [0.25, 0.3) is 0 Å². The molecule has 2 aromatic rings. The molecule has 1 aromatic heterocycles. The number of H-pyrrole nitrogens is 1. The predicted molar refractivity (Wildman–Crippen MR) is 82.4 cm³/mol. The molecule has 0 atom stereocenters.